The van der Waals surface area contributed by atoms with E-state index in [0.717, 1.165) is 6.42 Å². The van der Waals surface area contributed by atoms with E-state index in [1.807, 2.05) is 24.3 Å². The average Bonchev–Trinajstić information content (AvgIpc) is 2.84. The molecular formula is C24H24N2O6S. The molecule has 0 saturated carbocycles. The maximum absolute atomic E-state index is 12.7. The quantitative estimate of drug-likeness (QED) is 0.521. The van der Waals surface area contributed by atoms with Gasteiger partial charge in [-0.3, -0.25) is 9.52 Å². The van der Waals surface area contributed by atoms with Gasteiger partial charge in [-0.05, 0) is 60.5 Å². The SMILES string of the molecule is CCc1ccc(OCC(=O)Nc2ccc(NS(=O)(=O)c3ccc4c(c3)OCCO4)cc2)cc1. The fraction of sp³-hybridized carbons (Fsp3) is 0.208. The highest BCUT2D eigenvalue weighted by Gasteiger charge is 2.19. The fourth-order valence-electron chi connectivity index (χ4n) is 3.19. The minimum Gasteiger partial charge on any atom is -0.486 e. The second-order valence-electron chi connectivity index (χ2n) is 7.32. The van der Waals surface area contributed by atoms with Crippen molar-refractivity contribution in [2.75, 3.05) is 29.9 Å². The molecule has 0 bridgehead atoms. The Balaban J connectivity index is 1.33. The number of sulfonamides is 1. The van der Waals surface area contributed by atoms with Crippen molar-refractivity contribution in [2.45, 2.75) is 18.2 Å². The molecule has 0 saturated heterocycles. The van der Waals surface area contributed by atoms with E-state index in [9.17, 15) is 13.2 Å². The molecule has 33 heavy (non-hydrogen) atoms. The lowest BCUT2D eigenvalue weighted by molar-refractivity contribution is -0.118. The Morgan fingerprint density at radius 2 is 1.58 bits per heavy atom. The van der Waals surface area contributed by atoms with Gasteiger partial charge < -0.3 is 19.5 Å². The molecule has 8 nitrogen and oxygen atoms in total. The summed E-state index contributed by atoms with van der Waals surface area (Å²) >= 11 is 0. The Morgan fingerprint density at radius 1 is 0.909 bits per heavy atom. The number of hydrogen-bond acceptors (Lipinski definition) is 6. The molecule has 0 atom stereocenters. The number of nitrogens with one attached hydrogen (secondary N) is 2. The molecule has 1 aliphatic heterocycles. The fourth-order valence-corrected chi connectivity index (χ4v) is 4.27. The van der Waals surface area contributed by atoms with Crippen molar-refractivity contribution in [3.8, 4) is 17.2 Å². The van der Waals surface area contributed by atoms with E-state index in [1.54, 1.807) is 30.3 Å². The van der Waals surface area contributed by atoms with Crippen molar-refractivity contribution in [3.05, 3.63) is 72.3 Å². The van der Waals surface area contributed by atoms with Gasteiger partial charge in [0.2, 0.25) is 0 Å². The number of carbonyl (C=O) groups excluding carboxylic acids is 1. The van der Waals surface area contributed by atoms with Gasteiger partial charge in [-0.25, -0.2) is 8.42 Å². The molecule has 0 aliphatic carbocycles. The number of amides is 1. The van der Waals surface area contributed by atoms with Crippen molar-refractivity contribution in [1.29, 1.82) is 0 Å². The molecule has 172 valence electrons. The second kappa shape index (κ2) is 9.83. The van der Waals surface area contributed by atoms with Gasteiger partial charge in [-0.2, -0.15) is 0 Å². The van der Waals surface area contributed by atoms with Gasteiger partial charge in [-0.15, -0.1) is 0 Å². The summed E-state index contributed by atoms with van der Waals surface area (Å²) in [7, 11) is -3.82. The third-order valence-electron chi connectivity index (χ3n) is 4.95. The second-order valence-corrected chi connectivity index (χ2v) is 9.01. The summed E-state index contributed by atoms with van der Waals surface area (Å²) in [5.74, 6) is 1.21. The number of rotatable bonds is 8. The summed E-state index contributed by atoms with van der Waals surface area (Å²) in [6.07, 6.45) is 0.934. The van der Waals surface area contributed by atoms with Crippen LogP contribution in [0.25, 0.3) is 0 Å². The Labute approximate surface area is 192 Å². The molecule has 0 radical (unpaired) electrons. The van der Waals surface area contributed by atoms with Gasteiger partial charge in [0.25, 0.3) is 15.9 Å². The van der Waals surface area contributed by atoms with Crippen LogP contribution >= 0.6 is 0 Å². The van der Waals surface area contributed by atoms with E-state index in [4.69, 9.17) is 14.2 Å². The molecule has 0 aromatic heterocycles. The van der Waals surface area contributed by atoms with E-state index >= 15 is 0 Å². The molecule has 3 aromatic carbocycles. The Bertz CT molecular complexity index is 1220. The summed E-state index contributed by atoms with van der Waals surface area (Å²) in [6.45, 7) is 2.73. The van der Waals surface area contributed by atoms with Gasteiger partial charge in [0.05, 0.1) is 4.90 Å². The van der Waals surface area contributed by atoms with Crippen molar-refractivity contribution in [1.82, 2.24) is 0 Å². The number of fused-ring (bicyclic) bond motifs is 1. The van der Waals surface area contributed by atoms with Crippen LogP contribution < -0.4 is 24.2 Å². The first-order chi connectivity index (χ1) is 15.9. The first-order valence-corrected chi connectivity index (χ1v) is 12.0. The zero-order valence-corrected chi connectivity index (χ0v) is 18.9. The molecule has 9 heteroatoms. The molecule has 1 heterocycles. The molecular weight excluding hydrogens is 444 g/mol. The van der Waals surface area contributed by atoms with Crippen LogP contribution in [0.4, 0.5) is 11.4 Å². The lowest BCUT2D eigenvalue weighted by atomic mass is 10.2. The lowest BCUT2D eigenvalue weighted by Gasteiger charge is -2.19. The lowest BCUT2D eigenvalue weighted by Crippen LogP contribution is -2.20. The van der Waals surface area contributed by atoms with Gasteiger partial charge in [0.1, 0.15) is 19.0 Å². The summed E-state index contributed by atoms with van der Waals surface area (Å²) < 4.78 is 44.3. The van der Waals surface area contributed by atoms with Crippen molar-refractivity contribution >= 4 is 27.3 Å². The normalized spacial score (nSPS) is 12.6. The van der Waals surface area contributed by atoms with E-state index in [-0.39, 0.29) is 17.4 Å². The van der Waals surface area contributed by atoms with Crippen LogP contribution in [0.15, 0.2) is 71.6 Å². The molecule has 2 N–H and O–H groups in total. The zero-order valence-electron chi connectivity index (χ0n) is 18.0. The average molecular weight is 469 g/mol. The topological polar surface area (TPSA) is 103 Å². The van der Waals surface area contributed by atoms with Gasteiger partial charge in [-0.1, -0.05) is 19.1 Å². The predicted octanol–water partition coefficient (Wildman–Crippen LogP) is 3.84. The van der Waals surface area contributed by atoms with Gasteiger partial charge in [0, 0.05) is 17.4 Å². The minimum absolute atomic E-state index is 0.0632. The molecule has 0 spiro atoms. The molecule has 1 amide bonds. The van der Waals surface area contributed by atoms with E-state index in [1.165, 1.54) is 17.7 Å². The number of benzene rings is 3. The maximum Gasteiger partial charge on any atom is 0.262 e. The zero-order chi connectivity index (χ0) is 23.3. The molecule has 0 fully saturated rings. The molecule has 3 aromatic rings. The van der Waals surface area contributed by atoms with Crippen LogP contribution in [-0.2, 0) is 21.2 Å². The monoisotopic (exact) mass is 468 g/mol. The minimum atomic E-state index is -3.82. The first kappa shape index (κ1) is 22.5. The Kier molecular flexibility index (Phi) is 6.69. The number of carbonyl (C=O) groups is 1. The summed E-state index contributed by atoms with van der Waals surface area (Å²) in [6, 6.07) is 18.4. The van der Waals surface area contributed by atoms with Crippen LogP contribution in [0, 0.1) is 0 Å². The third-order valence-corrected chi connectivity index (χ3v) is 6.33. The maximum atomic E-state index is 12.7. The van der Waals surface area contributed by atoms with Crippen molar-refractivity contribution < 1.29 is 27.4 Å². The first-order valence-electron chi connectivity index (χ1n) is 10.5. The molecule has 0 unspecified atom stereocenters. The predicted molar refractivity (Wildman–Crippen MR) is 125 cm³/mol. The van der Waals surface area contributed by atoms with Crippen LogP contribution in [0.3, 0.4) is 0 Å². The largest absolute Gasteiger partial charge is 0.486 e. The van der Waals surface area contributed by atoms with Crippen LogP contribution in [-0.4, -0.2) is 34.1 Å². The third kappa shape index (κ3) is 5.75. The summed E-state index contributed by atoms with van der Waals surface area (Å²) in [5.41, 5.74) is 2.07. The molecule has 4 rings (SSSR count). The van der Waals surface area contributed by atoms with Crippen LogP contribution in [0.5, 0.6) is 17.2 Å². The van der Waals surface area contributed by atoms with Crippen LogP contribution in [0.1, 0.15) is 12.5 Å². The standard InChI is InChI=1S/C24H24N2O6S/c1-2-17-3-9-20(10-4-17)32-16-24(27)25-18-5-7-19(8-6-18)26-33(28,29)21-11-12-22-23(15-21)31-14-13-30-22/h3-12,15,26H,2,13-14,16H2,1H3,(H,25,27). The summed E-state index contributed by atoms with van der Waals surface area (Å²) in [5, 5.41) is 2.72. The molecule has 1 aliphatic rings. The van der Waals surface area contributed by atoms with Gasteiger partial charge >= 0.3 is 0 Å². The highest BCUT2D eigenvalue weighted by Crippen LogP contribution is 2.32. The van der Waals surface area contributed by atoms with E-state index < -0.39 is 10.0 Å². The Hall–Kier alpha value is -3.72. The highest BCUT2D eigenvalue weighted by atomic mass is 32.2. The summed E-state index contributed by atoms with van der Waals surface area (Å²) in [4.78, 5) is 12.2. The van der Waals surface area contributed by atoms with Crippen molar-refractivity contribution in [2.24, 2.45) is 0 Å². The van der Waals surface area contributed by atoms with E-state index in [2.05, 4.69) is 17.0 Å². The number of hydrogen-bond donors (Lipinski definition) is 2. The number of aryl methyl sites for hydroxylation is 1. The van der Waals surface area contributed by atoms with Gasteiger partial charge in [0.15, 0.2) is 18.1 Å². The Morgan fingerprint density at radius 3 is 2.27 bits per heavy atom. The smallest absolute Gasteiger partial charge is 0.262 e. The highest BCUT2D eigenvalue weighted by molar-refractivity contribution is 7.92. The number of anilines is 2. The van der Waals surface area contributed by atoms with E-state index in [0.29, 0.717) is 41.8 Å². The van der Waals surface area contributed by atoms with Crippen molar-refractivity contribution in [3.63, 3.8) is 0 Å². The van der Waals surface area contributed by atoms with Crippen LogP contribution in [0.2, 0.25) is 0 Å². The number of ether oxygens (including phenoxy) is 3.